The van der Waals surface area contributed by atoms with Crippen LogP contribution in [0, 0.1) is 11.8 Å². The second kappa shape index (κ2) is 6.36. The van der Waals surface area contributed by atoms with Crippen LogP contribution in [-0.4, -0.2) is 11.6 Å². The second-order valence-electron chi connectivity index (χ2n) is 7.94. The lowest BCUT2D eigenvalue weighted by molar-refractivity contribution is 0.0926. The summed E-state index contributed by atoms with van der Waals surface area (Å²) in [7, 11) is 0. The molecule has 0 amide bonds. The number of carbonyl (C=O) groups is 2. The second-order valence-corrected chi connectivity index (χ2v) is 7.94. The number of allylic oxidation sites excluding steroid dienone is 5. The molecule has 0 spiro atoms. The van der Waals surface area contributed by atoms with Crippen LogP contribution < -0.4 is 0 Å². The molecule has 0 saturated carbocycles. The van der Waals surface area contributed by atoms with E-state index in [2.05, 4.69) is 6.08 Å². The fourth-order valence-corrected chi connectivity index (χ4v) is 5.11. The molecule has 2 nitrogen and oxygen atoms in total. The molecule has 0 heterocycles. The molecule has 3 aliphatic carbocycles. The quantitative estimate of drug-likeness (QED) is 0.386. The summed E-state index contributed by atoms with van der Waals surface area (Å²) in [5.41, 5.74) is 7.26. The zero-order chi connectivity index (χ0) is 20.2. The summed E-state index contributed by atoms with van der Waals surface area (Å²) < 4.78 is 0. The van der Waals surface area contributed by atoms with Gasteiger partial charge in [0.25, 0.3) is 0 Å². The van der Waals surface area contributed by atoms with Crippen LogP contribution in [-0.2, 0) is 0 Å². The Morgan fingerprint density at radius 1 is 0.500 bits per heavy atom. The predicted octanol–water partition coefficient (Wildman–Crippen LogP) is 5.74. The number of Topliss-reactive ketones (excluding diaryl/α,β-unsaturated/α-hetero) is 1. The molecule has 142 valence electrons. The van der Waals surface area contributed by atoms with E-state index in [1.54, 1.807) is 0 Å². The minimum absolute atomic E-state index is 0.0540. The Morgan fingerprint density at radius 3 is 1.57 bits per heavy atom. The molecule has 0 N–H and O–H groups in total. The van der Waals surface area contributed by atoms with Crippen molar-refractivity contribution in [3.05, 3.63) is 130 Å². The minimum atomic E-state index is -0.218. The topological polar surface area (TPSA) is 34.1 Å². The number of ketones is 2. The first-order valence-electron chi connectivity index (χ1n) is 10.2. The zero-order valence-corrected chi connectivity index (χ0v) is 16.2. The monoisotopic (exact) mass is 386 g/mol. The lowest BCUT2D eigenvalue weighted by atomic mass is 9.66. The maximum atomic E-state index is 13.3. The van der Waals surface area contributed by atoms with Crippen molar-refractivity contribution in [1.29, 1.82) is 0 Å². The fourth-order valence-electron chi connectivity index (χ4n) is 5.11. The molecule has 0 radical (unpaired) electrons. The maximum absolute atomic E-state index is 13.3. The molecule has 3 aromatic rings. The third-order valence-electron chi connectivity index (χ3n) is 6.41. The normalized spacial score (nSPS) is 21.1. The highest BCUT2D eigenvalue weighted by Crippen LogP contribution is 2.49. The van der Waals surface area contributed by atoms with Crippen LogP contribution in [0.15, 0.2) is 97.1 Å². The average Bonchev–Trinajstić information content (AvgIpc) is 2.81. The highest BCUT2D eigenvalue weighted by Gasteiger charge is 2.40. The van der Waals surface area contributed by atoms with Crippen LogP contribution in [0.4, 0.5) is 0 Å². The lowest BCUT2D eigenvalue weighted by Gasteiger charge is -2.36. The van der Waals surface area contributed by atoms with E-state index in [9.17, 15) is 9.59 Å². The van der Waals surface area contributed by atoms with Gasteiger partial charge in [-0.05, 0) is 27.8 Å². The zero-order valence-electron chi connectivity index (χ0n) is 16.2. The Bertz CT molecular complexity index is 1280. The van der Waals surface area contributed by atoms with Gasteiger partial charge in [0.2, 0.25) is 0 Å². The summed E-state index contributed by atoms with van der Waals surface area (Å²) >= 11 is 0. The number of rotatable bonds is 0. The van der Waals surface area contributed by atoms with Crippen LogP contribution in [0.3, 0.4) is 0 Å². The number of hydrogen-bond acceptors (Lipinski definition) is 2. The van der Waals surface area contributed by atoms with Crippen molar-refractivity contribution in [3.63, 3.8) is 0 Å². The Labute approximate surface area is 174 Å². The Kier molecular flexibility index (Phi) is 3.63. The van der Waals surface area contributed by atoms with Gasteiger partial charge in [-0.1, -0.05) is 97.1 Å². The van der Waals surface area contributed by atoms with Crippen LogP contribution in [0.5, 0.6) is 0 Å². The molecule has 0 fully saturated rings. The molecule has 3 aliphatic rings. The predicted molar refractivity (Wildman–Crippen MR) is 118 cm³/mol. The van der Waals surface area contributed by atoms with Crippen molar-refractivity contribution in [2.24, 2.45) is 11.8 Å². The Hall–Kier alpha value is -3.78. The van der Waals surface area contributed by atoms with Gasteiger partial charge < -0.3 is 0 Å². The van der Waals surface area contributed by atoms with Gasteiger partial charge >= 0.3 is 0 Å². The van der Waals surface area contributed by atoms with Gasteiger partial charge in [0.05, 0.1) is 5.92 Å². The van der Waals surface area contributed by atoms with E-state index in [0.29, 0.717) is 0 Å². The number of fused-ring (bicyclic) bond motifs is 4. The summed E-state index contributed by atoms with van der Waals surface area (Å²) in [6.07, 6.45) is 8.12. The molecule has 3 aromatic carbocycles. The van der Waals surface area contributed by atoms with Gasteiger partial charge in [-0.2, -0.15) is 0 Å². The van der Waals surface area contributed by atoms with E-state index >= 15 is 0 Å². The lowest BCUT2D eigenvalue weighted by Crippen LogP contribution is -2.30. The SMILES string of the molecule is O=C1c2ccccc2C(=C2c3ccccc3C(=O)C3C=CC=CC23)c2ccccc21. The van der Waals surface area contributed by atoms with E-state index in [-0.39, 0.29) is 23.4 Å². The van der Waals surface area contributed by atoms with E-state index in [1.165, 1.54) is 0 Å². The van der Waals surface area contributed by atoms with Gasteiger partial charge in [-0.25, -0.2) is 0 Å². The number of carbonyl (C=O) groups excluding carboxylic acids is 2. The van der Waals surface area contributed by atoms with Crippen LogP contribution in [0.2, 0.25) is 0 Å². The van der Waals surface area contributed by atoms with Crippen molar-refractivity contribution in [2.75, 3.05) is 0 Å². The third kappa shape index (κ3) is 2.25. The first-order valence-corrected chi connectivity index (χ1v) is 10.2. The fraction of sp³-hybridized carbons (Fsp3) is 0.0714. The van der Waals surface area contributed by atoms with Gasteiger partial charge in [0.15, 0.2) is 11.6 Å². The van der Waals surface area contributed by atoms with E-state index in [0.717, 1.165) is 44.5 Å². The van der Waals surface area contributed by atoms with Crippen molar-refractivity contribution < 1.29 is 9.59 Å². The standard InChI is InChI=1S/C28H18O2/c29-27-21-13-5-1-9-17(21)25(18-10-2-6-14-22(18)27)26-19-11-3-7-15-23(19)28(30)24-16-8-4-12-20(24)26/h1-17,21H. The number of hydrogen-bond donors (Lipinski definition) is 0. The minimum Gasteiger partial charge on any atom is -0.293 e. The van der Waals surface area contributed by atoms with Crippen LogP contribution >= 0.6 is 0 Å². The molecule has 2 atom stereocenters. The highest BCUT2D eigenvalue weighted by atomic mass is 16.1. The first-order chi connectivity index (χ1) is 14.8. The molecule has 2 unspecified atom stereocenters. The van der Waals surface area contributed by atoms with E-state index in [1.807, 2.05) is 91.0 Å². The first kappa shape index (κ1) is 17.1. The Morgan fingerprint density at radius 2 is 0.967 bits per heavy atom. The molecular formula is C28H18O2. The van der Waals surface area contributed by atoms with Crippen molar-refractivity contribution in [1.82, 2.24) is 0 Å². The van der Waals surface area contributed by atoms with Gasteiger partial charge in [0.1, 0.15) is 0 Å². The molecule has 2 heteroatoms. The van der Waals surface area contributed by atoms with Crippen LogP contribution in [0.1, 0.15) is 43.0 Å². The third-order valence-corrected chi connectivity index (χ3v) is 6.41. The molecule has 0 bridgehead atoms. The van der Waals surface area contributed by atoms with Gasteiger partial charge in [-0.3, -0.25) is 9.59 Å². The largest absolute Gasteiger partial charge is 0.293 e. The molecule has 0 aromatic heterocycles. The van der Waals surface area contributed by atoms with Crippen molar-refractivity contribution in [2.45, 2.75) is 0 Å². The van der Waals surface area contributed by atoms with Crippen molar-refractivity contribution in [3.8, 4) is 0 Å². The highest BCUT2D eigenvalue weighted by molar-refractivity contribution is 6.23. The molecule has 0 saturated heterocycles. The smallest absolute Gasteiger partial charge is 0.194 e. The average molecular weight is 386 g/mol. The van der Waals surface area contributed by atoms with E-state index < -0.39 is 0 Å². The van der Waals surface area contributed by atoms with Crippen molar-refractivity contribution >= 4 is 22.7 Å². The maximum Gasteiger partial charge on any atom is 0.194 e. The summed E-state index contributed by atoms with van der Waals surface area (Å²) in [6.45, 7) is 0. The summed E-state index contributed by atoms with van der Waals surface area (Å²) in [6, 6.07) is 23.5. The van der Waals surface area contributed by atoms with Gasteiger partial charge in [0, 0.05) is 22.6 Å². The molecular weight excluding hydrogens is 368 g/mol. The summed E-state index contributed by atoms with van der Waals surface area (Å²) in [5.74, 6) is -0.0542. The number of benzene rings is 3. The molecule has 6 rings (SSSR count). The Balaban J connectivity index is 1.79. The molecule has 30 heavy (non-hydrogen) atoms. The van der Waals surface area contributed by atoms with E-state index in [4.69, 9.17) is 0 Å². The molecule has 0 aliphatic heterocycles. The summed E-state index contributed by atoms with van der Waals surface area (Å²) in [5, 5.41) is 0. The van der Waals surface area contributed by atoms with Crippen LogP contribution in [0.25, 0.3) is 11.1 Å². The summed E-state index contributed by atoms with van der Waals surface area (Å²) in [4.78, 5) is 26.5. The van der Waals surface area contributed by atoms with Gasteiger partial charge in [-0.15, -0.1) is 0 Å².